The first kappa shape index (κ1) is 19.0. The molecule has 8 nitrogen and oxygen atoms in total. The van der Waals surface area contributed by atoms with E-state index in [9.17, 15) is 9.36 Å². The molecule has 2 aromatic carbocycles. The summed E-state index contributed by atoms with van der Waals surface area (Å²) in [6.07, 6.45) is 0. The van der Waals surface area contributed by atoms with E-state index in [0.717, 1.165) is 0 Å². The maximum Gasteiger partial charge on any atom is 0.361 e. The van der Waals surface area contributed by atoms with E-state index in [-0.39, 0.29) is 11.8 Å². The SMILES string of the molecule is COP(=O)(OC)[C@H](NC(=O)c1ccccc1)c1nnc(-c2ccccc2)o1. The molecule has 1 heterocycles. The van der Waals surface area contributed by atoms with Crippen molar-refractivity contribution < 1.29 is 22.8 Å². The summed E-state index contributed by atoms with van der Waals surface area (Å²) in [4.78, 5) is 12.6. The van der Waals surface area contributed by atoms with Crippen LogP contribution in [0.15, 0.2) is 65.1 Å². The van der Waals surface area contributed by atoms with Gasteiger partial charge in [-0.2, -0.15) is 0 Å². The van der Waals surface area contributed by atoms with E-state index in [0.29, 0.717) is 11.1 Å². The molecule has 0 saturated heterocycles. The number of benzene rings is 2. The van der Waals surface area contributed by atoms with Gasteiger partial charge in [-0.3, -0.25) is 9.36 Å². The summed E-state index contributed by atoms with van der Waals surface area (Å²) in [6, 6.07) is 17.6. The molecule has 140 valence electrons. The average molecular weight is 387 g/mol. The topological polar surface area (TPSA) is 104 Å². The van der Waals surface area contributed by atoms with E-state index in [4.69, 9.17) is 13.5 Å². The van der Waals surface area contributed by atoms with Gasteiger partial charge in [-0.15, -0.1) is 10.2 Å². The predicted octanol–water partition coefficient (Wildman–Crippen LogP) is 3.65. The van der Waals surface area contributed by atoms with Gasteiger partial charge in [0.1, 0.15) is 0 Å². The van der Waals surface area contributed by atoms with Crippen LogP contribution in [-0.2, 0) is 13.6 Å². The standard InChI is InChI=1S/C18H18N3O5P/c1-24-27(23,25-2)18(19-15(22)13-9-5-3-6-10-13)17-21-20-16(26-17)14-11-7-4-8-12-14/h3-12,18H,1-2H3,(H,19,22)/t18-/m0/s1. The lowest BCUT2D eigenvalue weighted by atomic mass is 10.2. The van der Waals surface area contributed by atoms with Crippen LogP contribution in [0.2, 0.25) is 0 Å². The fraction of sp³-hybridized carbons (Fsp3) is 0.167. The summed E-state index contributed by atoms with van der Waals surface area (Å²) in [5.74, 6) is -1.59. The zero-order chi connectivity index (χ0) is 19.3. The summed E-state index contributed by atoms with van der Waals surface area (Å²) in [6.45, 7) is 0. The predicted molar refractivity (Wildman–Crippen MR) is 98.0 cm³/mol. The Labute approximate surface area is 156 Å². The molecule has 1 amide bonds. The molecule has 3 rings (SSSR count). The molecule has 3 aromatic rings. The van der Waals surface area contributed by atoms with E-state index in [1.54, 1.807) is 42.5 Å². The number of nitrogens with one attached hydrogen (secondary N) is 1. The lowest BCUT2D eigenvalue weighted by molar-refractivity contribution is 0.0935. The number of carbonyl (C=O) groups is 1. The van der Waals surface area contributed by atoms with Crippen LogP contribution < -0.4 is 5.32 Å². The van der Waals surface area contributed by atoms with Gasteiger partial charge < -0.3 is 18.8 Å². The minimum atomic E-state index is -3.79. The normalized spacial score (nSPS) is 12.5. The Bertz CT molecular complexity index is 938. The summed E-state index contributed by atoms with van der Waals surface area (Å²) in [7, 11) is -1.35. The third-order valence-electron chi connectivity index (χ3n) is 3.82. The molecule has 1 N–H and O–H groups in total. The van der Waals surface area contributed by atoms with Crippen molar-refractivity contribution in [3.63, 3.8) is 0 Å². The van der Waals surface area contributed by atoms with Gasteiger partial charge in [-0.1, -0.05) is 36.4 Å². The van der Waals surface area contributed by atoms with Crippen LogP contribution in [-0.4, -0.2) is 30.3 Å². The van der Waals surface area contributed by atoms with Crippen molar-refractivity contribution in [1.29, 1.82) is 0 Å². The van der Waals surface area contributed by atoms with Crippen LogP contribution in [0.1, 0.15) is 22.0 Å². The number of nitrogens with zero attached hydrogens (tertiary/aromatic N) is 2. The largest absolute Gasteiger partial charge is 0.418 e. The second-order valence-electron chi connectivity index (χ2n) is 5.46. The second kappa shape index (κ2) is 8.26. The minimum absolute atomic E-state index is 0.0785. The second-order valence-corrected chi connectivity index (χ2v) is 7.78. The molecular weight excluding hydrogens is 369 g/mol. The van der Waals surface area contributed by atoms with Gasteiger partial charge in [-0.05, 0) is 24.3 Å². The third-order valence-corrected chi connectivity index (χ3v) is 5.82. The van der Waals surface area contributed by atoms with Crippen molar-refractivity contribution in [3.8, 4) is 11.5 Å². The van der Waals surface area contributed by atoms with Gasteiger partial charge in [0.05, 0.1) is 0 Å². The molecule has 1 atom stereocenters. The number of carbonyl (C=O) groups excluding carboxylic acids is 1. The van der Waals surface area contributed by atoms with E-state index in [1.165, 1.54) is 14.2 Å². The highest BCUT2D eigenvalue weighted by Crippen LogP contribution is 2.58. The number of rotatable bonds is 7. The number of amides is 1. The molecule has 0 fully saturated rings. The third kappa shape index (κ3) is 4.14. The molecule has 0 spiro atoms. The summed E-state index contributed by atoms with van der Waals surface area (Å²) in [5.41, 5.74) is 1.07. The number of hydrogen-bond donors (Lipinski definition) is 1. The Morgan fingerprint density at radius 3 is 2.19 bits per heavy atom. The van der Waals surface area contributed by atoms with E-state index < -0.39 is 19.3 Å². The van der Waals surface area contributed by atoms with Crippen molar-refractivity contribution in [3.05, 3.63) is 72.1 Å². The van der Waals surface area contributed by atoms with Crippen molar-refractivity contribution in [2.75, 3.05) is 14.2 Å². The zero-order valence-corrected chi connectivity index (χ0v) is 15.6. The number of hydrogen-bond acceptors (Lipinski definition) is 7. The summed E-state index contributed by atoms with van der Waals surface area (Å²) in [5, 5.41) is 10.5. The van der Waals surface area contributed by atoms with Crippen molar-refractivity contribution in [2.45, 2.75) is 5.78 Å². The number of aromatic nitrogens is 2. The van der Waals surface area contributed by atoms with Crippen molar-refractivity contribution >= 4 is 13.5 Å². The minimum Gasteiger partial charge on any atom is -0.418 e. The fourth-order valence-electron chi connectivity index (χ4n) is 2.40. The first-order valence-corrected chi connectivity index (χ1v) is 9.64. The van der Waals surface area contributed by atoms with Gasteiger partial charge in [-0.25, -0.2) is 0 Å². The lowest BCUT2D eigenvalue weighted by Gasteiger charge is -2.22. The Kier molecular flexibility index (Phi) is 5.81. The quantitative estimate of drug-likeness (QED) is 0.617. The molecule has 0 aliphatic heterocycles. The summed E-state index contributed by atoms with van der Waals surface area (Å²) >= 11 is 0. The zero-order valence-electron chi connectivity index (χ0n) is 14.7. The highest BCUT2D eigenvalue weighted by molar-refractivity contribution is 7.54. The van der Waals surface area contributed by atoms with Crippen LogP contribution in [0.3, 0.4) is 0 Å². The Hall–Kier alpha value is -2.80. The van der Waals surface area contributed by atoms with Crippen LogP contribution in [0.5, 0.6) is 0 Å². The molecule has 0 saturated carbocycles. The Morgan fingerprint density at radius 2 is 1.59 bits per heavy atom. The monoisotopic (exact) mass is 387 g/mol. The lowest BCUT2D eigenvalue weighted by Crippen LogP contribution is -2.29. The van der Waals surface area contributed by atoms with Crippen LogP contribution in [0.25, 0.3) is 11.5 Å². The Morgan fingerprint density at radius 1 is 1.00 bits per heavy atom. The van der Waals surface area contributed by atoms with E-state index >= 15 is 0 Å². The molecule has 1 aromatic heterocycles. The molecule has 0 aliphatic carbocycles. The molecular formula is C18H18N3O5P. The van der Waals surface area contributed by atoms with Crippen LogP contribution in [0, 0.1) is 0 Å². The van der Waals surface area contributed by atoms with Gasteiger partial charge >= 0.3 is 7.60 Å². The van der Waals surface area contributed by atoms with E-state index in [2.05, 4.69) is 15.5 Å². The molecule has 9 heteroatoms. The highest BCUT2D eigenvalue weighted by atomic mass is 31.2. The molecule has 0 aliphatic rings. The maximum absolute atomic E-state index is 13.0. The van der Waals surface area contributed by atoms with Gasteiger partial charge in [0.25, 0.3) is 11.8 Å². The van der Waals surface area contributed by atoms with Gasteiger partial charge in [0, 0.05) is 25.3 Å². The molecule has 0 bridgehead atoms. The van der Waals surface area contributed by atoms with Gasteiger partial charge in [0.15, 0.2) is 0 Å². The van der Waals surface area contributed by atoms with E-state index in [1.807, 2.05) is 18.2 Å². The molecule has 0 radical (unpaired) electrons. The summed E-state index contributed by atoms with van der Waals surface area (Å²) < 4.78 is 28.7. The first-order valence-electron chi connectivity index (χ1n) is 8.03. The molecule has 27 heavy (non-hydrogen) atoms. The van der Waals surface area contributed by atoms with Crippen LogP contribution >= 0.6 is 7.60 Å². The maximum atomic E-state index is 13.0. The van der Waals surface area contributed by atoms with Crippen molar-refractivity contribution in [2.24, 2.45) is 0 Å². The average Bonchev–Trinajstić information content (AvgIpc) is 3.22. The molecule has 0 unspecified atom stereocenters. The highest BCUT2D eigenvalue weighted by Gasteiger charge is 2.41. The van der Waals surface area contributed by atoms with Crippen LogP contribution in [0.4, 0.5) is 0 Å². The smallest absolute Gasteiger partial charge is 0.361 e. The fourth-order valence-corrected chi connectivity index (χ4v) is 3.62. The van der Waals surface area contributed by atoms with Gasteiger partial charge in [0.2, 0.25) is 11.7 Å². The van der Waals surface area contributed by atoms with Crippen molar-refractivity contribution in [1.82, 2.24) is 15.5 Å². The first-order chi connectivity index (χ1) is 13.1. The Balaban J connectivity index is 1.95.